The number of nitrogens with zero attached hydrogens (tertiary/aromatic N) is 2. The SMILES string of the molecule is CCCN(CCC)c1c(CC(=O)OC)c(C)nc2ccccc12. The van der Waals surface area contributed by atoms with Crippen molar-refractivity contribution in [3.63, 3.8) is 0 Å². The molecule has 1 aromatic heterocycles. The van der Waals surface area contributed by atoms with E-state index in [-0.39, 0.29) is 12.4 Å². The second-order valence-electron chi connectivity index (χ2n) is 5.78. The summed E-state index contributed by atoms with van der Waals surface area (Å²) < 4.78 is 4.89. The van der Waals surface area contributed by atoms with Crippen LogP contribution in [0.25, 0.3) is 10.9 Å². The maximum atomic E-state index is 11.9. The average Bonchev–Trinajstić information content (AvgIpc) is 2.55. The van der Waals surface area contributed by atoms with E-state index >= 15 is 0 Å². The summed E-state index contributed by atoms with van der Waals surface area (Å²) in [6, 6.07) is 8.16. The average molecular weight is 314 g/mol. The first-order chi connectivity index (χ1) is 11.1. The number of carbonyl (C=O) groups is 1. The molecular weight excluding hydrogens is 288 g/mol. The van der Waals surface area contributed by atoms with Gasteiger partial charge in [-0.3, -0.25) is 9.78 Å². The van der Waals surface area contributed by atoms with Gasteiger partial charge in [0, 0.05) is 29.7 Å². The zero-order chi connectivity index (χ0) is 16.8. The lowest BCUT2D eigenvalue weighted by atomic mass is 10.0. The number of ether oxygens (including phenoxy) is 1. The van der Waals surface area contributed by atoms with Crippen molar-refractivity contribution >= 4 is 22.6 Å². The van der Waals surface area contributed by atoms with Crippen molar-refractivity contribution < 1.29 is 9.53 Å². The molecule has 0 saturated heterocycles. The minimum absolute atomic E-state index is 0.223. The number of esters is 1. The molecule has 2 rings (SSSR count). The summed E-state index contributed by atoms with van der Waals surface area (Å²) in [6.45, 7) is 8.27. The standard InChI is InChI=1S/C19H26N2O2/c1-5-11-21(12-6-2)19-15-9-7-8-10-17(15)20-14(3)16(19)13-18(22)23-4/h7-10H,5-6,11-13H2,1-4H3. The number of anilines is 1. The number of methoxy groups -OCH3 is 1. The molecule has 0 aliphatic rings. The van der Waals surface area contributed by atoms with E-state index in [1.165, 1.54) is 7.11 Å². The Morgan fingerprint density at radius 3 is 2.43 bits per heavy atom. The summed E-state index contributed by atoms with van der Waals surface area (Å²) in [6.07, 6.45) is 2.39. The number of aromatic nitrogens is 1. The van der Waals surface area contributed by atoms with Gasteiger partial charge in [-0.1, -0.05) is 32.0 Å². The van der Waals surface area contributed by atoms with Crippen LogP contribution in [0, 0.1) is 6.92 Å². The highest BCUT2D eigenvalue weighted by Gasteiger charge is 2.20. The molecule has 0 aliphatic carbocycles. The van der Waals surface area contributed by atoms with E-state index < -0.39 is 0 Å². The Balaban J connectivity index is 2.68. The first kappa shape index (κ1) is 17.3. The molecule has 2 aromatic rings. The third-order valence-corrected chi connectivity index (χ3v) is 4.02. The molecule has 0 amide bonds. The molecule has 124 valence electrons. The maximum absolute atomic E-state index is 11.9. The van der Waals surface area contributed by atoms with Gasteiger partial charge >= 0.3 is 5.97 Å². The zero-order valence-electron chi connectivity index (χ0n) is 14.6. The van der Waals surface area contributed by atoms with Gasteiger partial charge in [0.2, 0.25) is 0 Å². The maximum Gasteiger partial charge on any atom is 0.310 e. The van der Waals surface area contributed by atoms with E-state index in [0.29, 0.717) is 0 Å². The first-order valence-corrected chi connectivity index (χ1v) is 8.32. The van der Waals surface area contributed by atoms with Crippen molar-refractivity contribution in [1.82, 2.24) is 4.98 Å². The molecule has 1 heterocycles. The molecule has 4 nitrogen and oxygen atoms in total. The molecule has 0 aliphatic heterocycles. The summed E-state index contributed by atoms with van der Waals surface area (Å²) in [7, 11) is 1.43. The largest absolute Gasteiger partial charge is 0.469 e. The molecule has 0 radical (unpaired) electrons. The van der Waals surface area contributed by atoms with Gasteiger partial charge in [-0.15, -0.1) is 0 Å². The third-order valence-electron chi connectivity index (χ3n) is 4.02. The van der Waals surface area contributed by atoms with Crippen LogP contribution in [0.15, 0.2) is 24.3 Å². The quantitative estimate of drug-likeness (QED) is 0.727. The van der Waals surface area contributed by atoms with Gasteiger partial charge in [0.1, 0.15) is 0 Å². The van der Waals surface area contributed by atoms with E-state index in [0.717, 1.165) is 53.8 Å². The highest BCUT2D eigenvalue weighted by Crippen LogP contribution is 2.32. The highest BCUT2D eigenvalue weighted by atomic mass is 16.5. The van der Waals surface area contributed by atoms with Crippen LogP contribution in [-0.4, -0.2) is 31.2 Å². The molecule has 1 aromatic carbocycles. The lowest BCUT2D eigenvalue weighted by molar-refractivity contribution is -0.139. The molecule has 0 unspecified atom stereocenters. The molecule has 0 fully saturated rings. The van der Waals surface area contributed by atoms with E-state index in [1.54, 1.807) is 0 Å². The van der Waals surface area contributed by atoms with Crippen LogP contribution in [0.5, 0.6) is 0 Å². The highest BCUT2D eigenvalue weighted by molar-refractivity contribution is 5.95. The number of aryl methyl sites for hydroxylation is 1. The van der Waals surface area contributed by atoms with Crippen molar-refractivity contribution in [2.75, 3.05) is 25.1 Å². The van der Waals surface area contributed by atoms with Gasteiger partial charge in [0.25, 0.3) is 0 Å². The van der Waals surface area contributed by atoms with Crippen LogP contribution < -0.4 is 4.90 Å². The molecular formula is C19H26N2O2. The van der Waals surface area contributed by atoms with Crippen LogP contribution in [0.2, 0.25) is 0 Å². The second kappa shape index (κ2) is 7.95. The topological polar surface area (TPSA) is 42.4 Å². The Bertz CT molecular complexity index is 676. The normalized spacial score (nSPS) is 10.8. The fourth-order valence-electron chi connectivity index (χ4n) is 3.02. The predicted molar refractivity (Wildman–Crippen MR) is 95.0 cm³/mol. The number of hydrogen-bond donors (Lipinski definition) is 0. The molecule has 0 spiro atoms. The van der Waals surface area contributed by atoms with Gasteiger partial charge < -0.3 is 9.64 Å². The minimum atomic E-state index is -0.223. The van der Waals surface area contributed by atoms with E-state index in [9.17, 15) is 4.79 Å². The predicted octanol–water partition coefficient (Wildman–Crippen LogP) is 3.89. The van der Waals surface area contributed by atoms with Crippen LogP contribution in [0.3, 0.4) is 0 Å². The fraction of sp³-hybridized carbons (Fsp3) is 0.474. The zero-order valence-corrected chi connectivity index (χ0v) is 14.6. The van der Waals surface area contributed by atoms with Crippen LogP contribution in [0.4, 0.5) is 5.69 Å². The summed E-state index contributed by atoms with van der Waals surface area (Å²) in [5, 5.41) is 1.11. The van der Waals surface area contributed by atoms with Crippen molar-refractivity contribution in [2.45, 2.75) is 40.0 Å². The summed E-state index contributed by atoms with van der Waals surface area (Å²) in [4.78, 5) is 19.0. The van der Waals surface area contributed by atoms with Gasteiger partial charge in [-0.25, -0.2) is 0 Å². The first-order valence-electron chi connectivity index (χ1n) is 8.32. The van der Waals surface area contributed by atoms with Crippen molar-refractivity contribution in [3.05, 3.63) is 35.5 Å². The second-order valence-corrected chi connectivity index (χ2v) is 5.78. The Morgan fingerprint density at radius 1 is 1.17 bits per heavy atom. The number of para-hydroxylation sites is 1. The van der Waals surface area contributed by atoms with Gasteiger partial charge in [-0.2, -0.15) is 0 Å². The fourth-order valence-corrected chi connectivity index (χ4v) is 3.02. The Hall–Kier alpha value is -2.10. The van der Waals surface area contributed by atoms with Crippen LogP contribution in [-0.2, 0) is 16.0 Å². The number of rotatable bonds is 7. The number of benzene rings is 1. The van der Waals surface area contributed by atoms with Crippen molar-refractivity contribution in [2.24, 2.45) is 0 Å². The molecule has 0 atom stereocenters. The number of carbonyl (C=O) groups excluding carboxylic acids is 1. The monoisotopic (exact) mass is 314 g/mol. The summed E-state index contributed by atoms with van der Waals surface area (Å²) >= 11 is 0. The van der Waals surface area contributed by atoms with Crippen LogP contribution >= 0.6 is 0 Å². The van der Waals surface area contributed by atoms with Crippen molar-refractivity contribution in [3.8, 4) is 0 Å². The van der Waals surface area contributed by atoms with Gasteiger partial charge in [0.05, 0.1) is 24.7 Å². The summed E-state index contributed by atoms with van der Waals surface area (Å²) in [5.41, 5.74) is 4.01. The van der Waals surface area contributed by atoms with Gasteiger partial charge in [-0.05, 0) is 25.8 Å². The van der Waals surface area contributed by atoms with Crippen LogP contribution in [0.1, 0.15) is 37.9 Å². The molecule has 4 heteroatoms. The Kier molecular flexibility index (Phi) is 5.97. The lowest BCUT2D eigenvalue weighted by Gasteiger charge is -2.28. The smallest absolute Gasteiger partial charge is 0.310 e. The van der Waals surface area contributed by atoms with Crippen molar-refractivity contribution in [1.29, 1.82) is 0 Å². The van der Waals surface area contributed by atoms with E-state index in [1.807, 2.05) is 25.1 Å². The molecule has 0 bridgehead atoms. The number of pyridine rings is 1. The minimum Gasteiger partial charge on any atom is -0.469 e. The number of fused-ring (bicyclic) bond motifs is 1. The Labute approximate surface area is 138 Å². The molecule has 0 saturated carbocycles. The lowest BCUT2D eigenvalue weighted by Crippen LogP contribution is -2.27. The van der Waals surface area contributed by atoms with E-state index in [2.05, 4.69) is 24.8 Å². The molecule has 0 N–H and O–H groups in total. The number of hydrogen-bond acceptors (Lipinski definition) is 4. The van der Waals surface area contributed by atoms with Gasteiger partial charge in [0.15, 0.2) is 0 Å². The Morgan fingerprint density at radius 2 is 1.83 bits per heavy atom. The summed E-state index contributed by atoms with van der Waals surface area (Å²) in [5.74, 6) is -0.223. The third kappa shape index (κ3) is 3.81. The van der Waals surface area contributed by atoms with E-state index in [4.69, 9.17) is 9.72 Å². The molecule has 23 heavy (non-hydrogen) atoms.